The van der Waals surface area contributed by atoms with Crippen molar-refractivity contribution in [2.24, 2.45) is 10.9 Å². The van der Waals surface area contributed by atoms with Crippen LogP contribution in [-0.4, -0.2) is 54.1 Å². The largest absolute Gasteiger partial charge is 0.357 e. The predicted molar refractivity (Wildman–Crippen MR) is 102 cm³/mol. The Morgan fingerprint density at radius 1 is 1.42 bits per heavy atom. The Kier molecular flexibility index (Phi) is 7.31. The van der Waals surface area contributed by atoms with Gasteiger partial charge in [0.25, 0.3) is 0 Å². The average Bonchev–Trinajstić information content (AvgIpc) is 2.91. The topological polar surface area (TPSA) is 52.6 Å². The van der Waals surface area contributed by atoms with E-state index in [1.165, 1.54) is 0 Å². The number of nitrogens with one attached hydrogen (secondary N) is 2. The second-order valence-corrected chi connectivity index (χ2v) is 7.16. The van der Waals surface area contributed by atoms with Crippen molar-refractivity contribution in [2.45, 2.75) is 46.2 Å². The van der Waals surface area contributed by atoms with E-state index in [1.54, 1.807) is 0 Å². The first-order chi connectivity index (χ1) is 11.5. The first kappa shape index (κ1) is 19.0. The number of hydrogen-bond acceptors (Lipinski definition) is 3. The molecule has 24 heavy (non-hydrogen) atoms. The van der Waals surface area contributed by atoms with Gasteiger partial charge in [0.1, 0.15) is 5.15 Å². The van der Waals surface area contributed by atoms with Crippen LogP contribution in [0.15, 0.2) is 23.3 Å². The molecule has 2 atom stereocenters. The molecule has 0 saturated carbocycles. The molecule has 0 bridgehead atoms. The lowest BCUT2D eigenvalue weighted by molar-refractivity contribution is 0.265. The lowest BCUT2D eigenvalue weighted by Crippen LogP contribution is -2.46. The lowest BCUT2D eigenvalue weighted by atomic mass is 10.1. The molecule has 0 amide bonds. The molecule has 2 unspecified atom stereocenters. The molecule has 6 heteroatoms. The number of guanidine groups is 1. The fourth-order valence-electron chi connectivity index (χ4n) is 2.96. The highest BCUT2D eigenvalue weighted by Crippen LogP contribution is 2.18. The normalized spacial score (nSPS) is 22.2. The van der Waals surface area contributed by atoms with E-state index in [0.717, 1.165) is 44.1 Å². The summed E-state index contributed by atoms with van der Waals surface area (Å²) in [5.41, 5.74) is 1.15. The van der Waals surface area contributed by atoms with Gasteiger partial charge in [0.2, 0.25) is 0 Å². The summed E-state index contributed by atoms with van der Waals surface area (Å²) in [5.74, 6) is 1.53. The zero-order valence-electron chi connectivity index (χ0n) is 15.2. The first-order valence-corrected chi connectivity index (χ1v) is 9.26. The molecule has 0 radical (unpaired) electrons. The molecule has 1 saturated heterocycles. The Labute approximate surface area is 150 Å². The standard InChI is InChI=1S/C18H30ClN5/c1-5-20-18(21-9-8-15-6-7-17(19)22-10-15)23-16-12-24(13(2)3)11-14(16)4/h6-7,10,13-14,16H,5,8-9,11-12H2,1-4H3,(H2,20,21,23). The molecule has 0 aliphatic carbocycles. The van der Waals surface area contributed by atoms with Crippen LogP contribution in [0.4, 0.5) is 0 Å². The second kappa shape index (κ2) is 9.23. The summed E-state index contributed by atoms with van der Waals surface area (Å²) in [4.78, 5) is 11.3. The molecule has 5 nitrogen and oxygen atoms in total. The van der Waals surface area contributed by atoms with E-state index in [2.05, 4.69) is 48.2 Å². The van der Waals surface area contributed by atoms with E-state index in [9.17, 15) is 0 Å². The number of rotatable bonds is 6. The van der Waals surface area contributed by atoms with Gasteiger partial charge >= 0.3 is 0 Å². The van der Waals surface area contributed by atoms with Gasteiger partial charge in [0, 0.05) is 44.5 Å². The Hall–Kier alpha value is -1.33. The average molecular weight is 352 g/mol. The third kappa shape index (κ3) is 5.64. The van der Waals surface area contributed by atoms with Crippen molar-refractivity contribution in [1.29, 1.82) is 0 Å². The molecule has 2 N–H and O–H groups in total. The Balaban J connectivity index is 1.89. The minimum atomic E-state index is 0.447. The van der Waals surface area contributed by atoms with Gasteiger partial charge < -0.3 is 10.6 Å². The van der Waals surface area contributed by atoms with Crippen LogP contribution in [-0.2, 0) is 6.42 Å². The number of hydrogen-bond donors (Lipinski definition) is 2. The molecular formula is C18H30ClN5. The summed E-state index contributed by atoms with van der Waals surface area (Å²) in [6, 6.07) is 4.87. The maximum absolute atomic E-state index is 5.82. The third-order valence-corrected chi connectivity index (χ3v) is 4.72. The minimum absolute atomic E-state index is 0.447. The van der Waals surface area contributed by atoms with Crippen molar-refractivity contribution in [1.82, 2.24) is 20.5 Å². The highest BCUT2D eigenvalue weighted by molar-refractivity contribution is 6.29. The summed E-state index contributed by atoms with van der Waals surface area (Å²) < 4.78 is 0. The number of pyridine rings is 1. The molecule has 2 rings (SSSR count). The summed E-state index contributed by atoms with van der Waals surface area (Å²) >= 11 is 5.82. The number of likely N-dealkylation sites (tertiary alicyclic amines) is 1. The van der Waals surface area contributed by atoms with Crippen molar-refractivity contribution < 1.29 is 0 Å². The van der Waals surface area contributed by atoms with Gasteiger partial charge in [-0.25, -0.2) is 4.98 Å². The number of nitrogens with zero attached hydrogens (tertiary/aromatic N) is 3. The minimum Gasteiger partial charge on any atom is -0.357 e. The molecule has 0 aromatic carbocycles. The lowest BCUT2D eigenvalue weighted by Gasteiger charge is -2.22. The van der Waals surface area contributed by atoms with Crippen LogP contribution >= 0.6 is 11.6 Å². The fraction of sp³-hybridized carbons (Fsp3) is 0.667. The monoisotopic (exact) mass is 351 g/mol. The van der Waals surface area contributed by atoms with Gasteiger partial charge in [0.15, 0.2) is 5.96 Å². The smallest absolute Gasteiger partial charge is 0.191 e. The van der Waals surface area contributed by atoms with E-state index in [1.807, 2.05) is 18.3 Å². The van der Waals surface area contributed by atoms with Crippen LogP contribution in [0.25, 0.3) is 0 Å². The van der Waals surface area contributed by atoms with Crippen molar-refractivity contribution in [3.8, 4) is 0 Å². The summed E-state index contributed by atoms with van der Waals surface area (Å²) in [5, 5.41) is 7.49. The van der Waals surface area contributed by atoms with E-state index in [4.69, 9.17) is 16.6 Å². The Morgan fingerprint density at radius 2 is 2.21 bits per heavy atom. The van der Waals surface area contributed by atoms with Crippen LogP contribution in [0.2, 0.25) is 5.15 Å². The maximum atomic E-state index is 5.82. The van der Waals surface area contributed by atoms with Crippen molar-refractivity contribution >= 4 is 17.6 Å². The van der Waals surface area contributed by atoms with E-state index < -0.39 is 0 Å². The highest BCUT2D eigenvalue weighted by atomic mass is 35.5. The molecule has 1 aromatic heterocycles. The highest BCUT2D eigenvalue weighted by Gasteiger charge is 2.31. The van der Waals surface area contributed by atoms with Crippen molar-refractivity contribution in [2.75, 3.05) is 26.2 Å². The Morgan fingerprint density at radius 3 is 2.79 bits per heavy atom. The van der Waals surface area contributed by atoms with Crippen molar-refractivity contribution in [3.63, 3.8) is 0 Å². The number of halogens is 1. The van der Waals surface area contributed by atoms with E-state index in [0.29, 0.717) is 23.2 Å². The maximum Gasteiger partial charge on any atom is 0.191 e. The quantitative estimate of drug-likeness (QED) is 0.470. The zero-order chi connectivity index (χ0) is 17.5. The van der Waals surface area contributed by atoms with Gasteiger partial charge in [-0.05, 0) is 44.7 Å². The van der Waals surface area contributed by atoms with Crippen LogP contribution in [0.5, 0.6) is 0 Å². The van der Waals surface area contributed by atoms with Crippen molar-refractivity contribution in [3.05, 3.63) is 29.0 Å². The molecule has 2 heterocycles. The molecule has 1 fully saturated rings. The fourth-order valence-corrected chi connectivity index (χ4v) is 3.07. The third-order valence-electron chi connectivity index (χ3n) is 4.50. The molecule has 1 aliphatic heterocycles. The van der Waals surface area contributed by atoms with Crippen LogP contribution in [0.3, 0.4) is 0 Å². The SMILES string of the molecule is CCNC(=NCCc1ccc(Cl)nc1)NC1CN(C(C)C)CC1C. The van der Waals surface area contributed by atoms with E-state index in [-0.39, 0.29) is 0 Å². The van der Waals surface area contributed by atoms with Crippen LogP contribution in [0.1, 0.15) is 33.3 Å². The van der Waals surface area contributed by atoms with Gasteiger partial charge in [0.05, 0.1) is 0 Å². The molecule has 1 aliphatic rings. The number of aromatic nitrogens is 1. The first-order valence-electron chi connectivity index (χ1n) is 8.89. The summed E-state index contributed by atoms with van der Waals surface area (Å²) in [6.07, 6.45) is 2.68. The van der Waals surface area contributed by atoms with Crippen LogP contribution < -0.4 is 10.6 Å². The number of aliphatic imine (C=N–C) groups is 1. The summed E-state index contributed by atoms with van der Waals surface area (Å²) in [7, 11) is 0. The molecule has 1 aromatic rings. The summed E-state index contributed by atoms with van der Waals surface area (Å²) in [6.45, 7) is 12.7. The van der Waals surface area contributed by atoms with Crippen LogP contribution in [0, 0.1) is 5.92 Å². The predicted octanol–water partition coefficient (Wildman–Crippen LogP) is 2.56. The zero-order valence-corrected chi connectivity index (χ0v) is 16.0. The van der Waals surface area contributed by atoms with Gasteiger partial charge in [-0.1, -0.05) is 24.6 Å². The van der Waals surface area contributed by atoms with Gasteiger partial charge in [-0.15, -0.1) is 0 Å². The molecular weight excluding hydrogens is 322 g/mol. The van der Waals surface area contributed by atoms with E-state index >= 15 is 0 Å². The second-order valence-electron chi connectivity index (χ2n) is 6.78. The molecule has 0 spiro atoms. The Bertz CT molecular complexity index is 529. The van der Waals surface area contributed by atoms with Gasteiger partial charge in [-0.2, -0.15) is 0 Å². The van der Waals surface area contributed by atoms with Gasteiger partial charge in [-0.3, -0.25) is 9.89 Å². The molecule has 134 valence electrons.